The van der Waals surface area contributed by atoms with Crippen LogP contribution in [0.4, 0.5) is 0 Å². The van der Waals surface area contributed by atoms with E-state index in [-0.39, 0.29) is 41.1 Å². The maximum absolute atomic E-state index is 8.63. The van der Waals surface area contributed by atoms with Crippen LogP contribution in [-0.4, -0.2) is 58.4 Å². The van der Waals surface area contributed by atoms with Gasteiger partial charge in [0.05, 0.1) is 0 Å². The number of ether oxygens (including phenoxy) is 4. The molecule has 0 atom stereocenters. The maximum Gasteiger partial charge on any atom is 0.136 e. The van der Waals surface area contributed by atoms with Gasteiger partial charge in [-0.25, -0.2) is 0 Å². The van der Waals surface area contributed by atoms with E-state index in [9.17, 15) is 0 Å². The number of methoxy groups -OCH3 is 4. The van der Waals surface area contributed by atoms with E-state index in [1.165, 1.54) is 42.1 Å². The smallest absolute Gasteiger partial charge is 0.136 e. The first kappa shape index (κ1) is 28.2. The van der Waals surface area contributed by atoms with E-state index in [1.807, 2.05) is 0 Å². The summed E-state index contributed by atoms with van der Waals surface area (Å²) in [4.78, 5) is 0. The summed E-state index contributed by atoms with van der Waals surface area (Å²) in [5, 5.41) is 35.5. The van der Waals surface area contributed by atoms with E-state index < -0.39 is 0 Å². The molecule has 1 heterocycles. The Labute approximate surface area is 232 Å². The molecule has 0 fully saturated rings. The van der Waals surface area contributed by atoms with Crippen LogP contribution in [0.1, 0.15) is 0 Å². The molecule has 0 aliphatic carbocycles. The van der Waals surface area contributed by atoms with Gasteiger partial charge in [0.1, 0.15) is 35.4 Å². The summed E-state index contributed by atoms with van der Waals surface area (Å²) in [6.45, 7) is 0. The second-order valence-electron chi connectivity index (χ2n) is 7.29. The van der Waals surface area contributed by atoms with Crippen LogP contribution >= 0.6 is 0 Å². The van der Waals surface area contributed by atoms with Crippen LogP contribution in [0.15, 0.2) is 48.5 Å². The van der Waals surface area contributed by atoms with E-state index in [0.29, 0.717) is 10.4 Å². The fourth-order valence-corrected chi connectivity index (χ4v) is 8.89. The molecule has 188 valence electrons. The molecule has 0 N–H and O–H groups in total. The number of rotatable bonds is 4. The second kappa shape index (κ2) is 13.2. The molecular formula is C28H20N4O4Se2. The number of nitrogens with zero attached hydrogens (tertiary/aromatic N) is 4. The molecule has 3 aromatic carbocycles. The molecule has 3 aromatic rings. The minimum atomic E-state index is 0.00187. The summed E-state index contributed by atoms with van der Waals surface area (Å²) >= 11 is 0.452. The van der Waals surface area contributed by atoms with Gasteiger partial charge in [0.25, 0.3) is 0 Å². The third-order valence-corrected chi connectivity index (χ3v) is 11.2. The van der Waals surface area contributed by atoms with Crippen LogP contribution in [0.5, 0.6) is 23.0 Å². The number of benzene rings is 3. The minimum absolute atomic E-state index is 0.00187. The fourth-order valence-electron chi connectivity index (χ4n) is 3.35. The quantitative estimate of drug-likeness (QED) is 0.273. The van der Waals surface area contributed by atoms with Crippen LogP contribution < -0.4 is 47.2 Å². The molecule has 1 aliphatic heterocycles. The van der Waals surface area contributed by atoms with E-state index in [0.717, 1.165) is 23.0 Å². The zero-order valence-electron chi connectivity index (χ0n) is 20.9. The van der Waals surface area contributed by atoms with Gasteiger partial charge in [0.15, 0.2) is 0 Å². The van der Waals surface area contributed by atoms with Crippen molar-refractivity contribution < 1.29 is 18.9 Å². The molecule has 10 heteroatoms. The maximum atomic E-state index is 8.63. The third-order valence-electron chi connectivity index (χ3n) is 5.25. The van der Waals surface area contributed by atoms with Crippen molar-refractivity contribution in [3.63, 3.8) is 0 Å². The summed E-state index contributed by atoms with van der Waals surface area (Å²) in [6.07, 6.45) is 0. The zero-order valence-corrected chi connectivity index (χ0v) is 24.3. The topological polar surface area (TPSA) is 132 Å². The number of nitriles is 4. The molecular weight excluding hydrogens is 614 g/mol. The normalized spacial score (nSPS) is 10.3. The van der Waals surface area contributed by atoms with Crippen molar-refractivity contribution >= 4 is 58.9 Å². The van der Waals surface area contributed by atoms with Crippen LogP contribution in [0.2, 0.25) is 0 Å². The van der Waals surface area contributed by atoms with Gasteiger partial charge in [0.2, 0.25) is 0 Å². The third kappa shape index (κ3) is 6.11. The van der Waals surface area contributed by atoms with Gasteiger partial charge >= 0.3 is 142 Å². The molecule has 0 unspecified atom stereocenters. The Balaban J connectivity index is 0.000000223. The van der Waals surface area contributed by atoms with Crippen molar-refractivity contribution in [3.8, 4) is 47.3 Å². The van der Waals surface area contributed by atoms with Gasteiger partial charge in [0, 0.05) is 10.4 Å². The van der Waals surface area contributed by atoms with Crippen LogP contribution in [0.3, 0.4) is 0 Å². The summed E-state index contributed by atoms with van der Waals surface area (Å²) in [5.74, 6) is 3.18. The first-order chi connectivity index (χ1) is 18.5. The van der Waals surface area contributed by atoms with Crippen LogP contribution in [-0.2, 0) is 0 Å². The Morgan fingerprint density at radius 3 is 0.921 bits per heavy atom. The Bertz CT molecular complexity index is 1440. The molecule has 0 bridgehead atoms. The molecule has 0 amide bonds. The molecule has 0 radical (unpaired) electrons. The summed E-state index contributed by atoms with van der Waals surface area (Å²) in [7, 11) is 6.69. The Morgan fingerprint density at radius 2 is 0.737 bits per heavy atom. The average molecular weight is 634 g/mol. The molecule has 0 spiro atoms. The second-order valence-corrected chi connectivity index (χ2v) is 11.8. The molecule has 0 saturated carbocycles. The van der Waals surface area contributed by atoms with Gasteiger partial charge < -0.3 is 0 Å². The predicted octanol–water partition coefficient (Wildman–Crippen LogP) is -0.573. The fraction of sp³-hybridized carbons (Fsp3) is 0.143. The van der Waals surface area contributed by atoms with E-state index in [1.54, 1.807) is 52.7 Å². The first-order valence-electron chi connectivity index (χ1n) is 10.8. The molecule has 0 saturated heterocycles. The first-order valence-corrected chi connectivity index (χ1v) is 14.2. The molecule has 8 nitrogen and oxygen atoms in total. The number of hydrogen-bond donors (Lipinski definition) is 0. The molecule has 4 rings (SSSR count). The molecule has 1 aliphatic rings. The van der Waals surface area contributed by atoms with Gasteiger partial charge in [-0.1, -0.05) is 24.3 Å². The SMILES string of the molecule is COc1cc2c(cc1OC)[Se]c1cc(OC)c(OC)cc1[Se]2.N#CC(C#N)=c1ccc(=C(C#N)C#N)cc1. The van der Waals surface area contributed by atoms with E-state index in [4.69, 9.17) is 40.0 Å². The van der Waals surface area contributed by atoms with Gasteiger partial charge in [-0.05, 0) is 0 Å². The Hall–Kier alpha value is -4.40. The van der Waals surface area contributed by atoms with Gasteiger partial charge in [-0.15, -0.1) is 0 Å². The monoisotopic (exact) mass is 636 g/mol. The summed E-state index contributed by atoms with van der Waals surface area (Å²) < 4.78 is 27.1. The van der Waals surface area contributed by atoms with Crippen molar-refractivity contribution in [1.82, 2.24) is 0 Å². The van der Waals surface area contributed by atoms with Crippen molar-refractivity contribution in [2.45, 2.75) is 0 Å². The van der Waals surface area contributed by atoms with E-state index in [2.05, 4.69) is 24.3 Å². The zero-order chi connectivity index (χ0) is 27.7. The Kier molecular flexibility index (Phi) is 9.81. The van der Waals surface area contributed by atoms with Crippen molar-refractivity contribution in [1.29, 1.82) is 21.0 Å². The minimum Gasteiger partial charge on any atom is -0.192 e. The van der Waals surface area contributed by atoms with Gasteiger partial charge in [-0.2, -0.15) is 21.0 Å². The number of hydrogen-bond acceptors (Lipinski definition) is 8. The van der Waals surface area contributed by atoms with E-state index >= 15 is 0 Å². The van der Waals surface area contributed by atoms with Crippen LogP contribution in [0, 0.1) is 45.3 Å². The summed E-state index contributed by atoms with van der Waals surface area (Å²) in [5.41, 5.74) is 0.00373. The van der Waals surface area contributed by atoms with Crippen molar-refractivity contribution in [2.24, 2.45) is 0 Å². The molecule has 38 heavy (non-hydrogen) atoms. The number of fused-ring (bicyclic) bond motifs is 2. The average Bonchev–Trinajstić information content (AvgIpc) is 2.96. The Morgan fingerprint density at radius 1 is 0.500 bits per heavy atom. The van der Waals surface area contributed by atoms with Gasteiger partial charge in [-0.3, -0.25) is 0 Å². The van der Waals surface area contributed by atoms with Crippen molar-refractivity contribution in [2.75, 3.05) is 28.4 Å². The van der Waals surface area contributed by atoms with Crippen LogP contribution in [0.25, 0.3) is 11.1 Å². The largest absolute Gasteiger partial charge is 0.192 e. The molecule has 0 aromatic heterocycles. The summed E-state index contributed by atoms with van der Waals surface area (Å²) in [6, 6.07) is 21.6. The predicted molar refractivity (Wildman–Crippen MR) is 144 cm³/mol. The standard InChI is InChI=1S/C16H16O4Se2.C12H4N4/c1-17-9-5-13-14(6-10(9)18-2)22-16-8-12(20-4)11(19-3)7-15(16)21-13;13-5-11(6-14)9-1-2-10(4-3-9)12(7-15)8-16/h5-8H,1-4H3;1-4H. The van der Waals surface area contributed by atoms with Crippen molar-refractivity contribution in [3.05, 3.63) is 59.0 Å².